The molecule has 0 saturated carbocycles. The Kier molecular flexibility index (Phi) is 5.55. The summed E-state index contributed by atoms with van der Waals surface area (Å²) in [7, 11) is 0. The number of carbonyl (C=O) groups excluding carboxylic acids is 1. The van der Waals surface area contributed by atoms with Crippen molar-refractivity contribution in [3.8, 4) is 5.75 Å². The Hall–Kier alpha value is -1.88. The van der Waals surface area contributed by atoms with Crippen molar-refractivity contribution in [2.75, 3.05) is 0 Å². The van der Waals surface area contributed by atoms with Crippen LogP contribution in [0.5, 0.6) is 5.75 Å². The zero-order valence-corrected chi connectivity index (χ0v) is 13.9. The molecule has 0 spiro atoms. The molecular weight excluding hydrogens is 349 g/mol. The highest BCUT2D eigenvalue weighted by Gasteiger charge is 2.18. The summed E-state index contributed by atoms with van der Waals surface area (Å²) in [5.41, 5.74) is 1.02. The molecule has 2 rings (SSSR count). The van der Waals surface area contributed by atoms with Gasteiger partial charge in [0.05, 0.1) is 10.5 Å². The second-order valence-corrected chi connectivity index (χ2v) is 5.83. The van der Waals surface area contributed by atoms with Crippen LogP contribution in [0.2, 0.25) is 0 Å². The third kappa shape index (κ3) is 4.31. The normalized spacial score (nSPS) is 13.3. The summed E-state index contributed by atoms with van der Waals surface area (Å²) in [4.78, 5) is 12.2. The van der Waals surface area contributed by atoms with Crippen molar-refractivity contribution < 1.29 is 13.9 Å². The Bertz CT molecular complexity index is 648. The highest BCUT2D eigenvalue weighted by molar-refractivity contribution is 9.10. The van der Waals surface area contributed by atoms with Gasteiger partial charge >= 0.3 is 0 Å². The van der Waals surface area contributed by atoms with E-state index in [4.69, 9.17) is 4.74 Å². The molecule has 2 aromatic carbocycles. The maximum atomic E-state index is 13.0. The van der Waals surface area contributed by atoms with Crippen molar-refractivity contribution in [2.24, 2.45) is 0 Å². The zero-order chi connectivity index (χ0) is 16.1. The molecule has 0 aliphatic rings. The molecule has 5 heteroatoms. The minimum absolute atomic E-state index is 0.114. The second-order valence-electron chi connectivity index (χ2n) is 4.98. The van der Waals surface area contributed by atoms with Crippen LogP contribution in [-0.2, 0) is 4.79 Å². The minimum atomic E-state index is -0.687. The van der Waals surface area contributed by atoms with E-state index in [1.807, 2.05) is 37.3 Å². The first-order valence-corrected chi connectivity index (χ1v) is 7.73. The van der Waals surface area contributed by atoms with Crippen molar-refractivity contribution in [1.82, 2.24) is 5.32 Å². The lowest BCUT2D eigenvalue weighted by Crippen LogP contribution is -2.37. The molecule has 0 fully saturated rings. The lowest BCUT2D eigenvalue weighted by atomic mass is 10.1. The summed E-state index contributed by atoms with van der Waals surface area (Å²) in [5, 5.41) is 2.89. The summed E-state index contributed by atoms with van der Waals surface area (Å²) in [5.74, 6) is -0.168. The van der Waals surface area contributed by atoms with Crippen LogP contribution in [0.3, 0.4) is 0 Å². The van der Waals surface area contributed by atoms with Crippen LogP contribution >= 0.6 is 15.9 Å². The van der Waals surface area contributed by atoms with Crippen LogP contribution in [0.1, 0.15) is 25.5 Å². The number of amides is 1. The summed E-state index contributed by atoms with van der Waals surface area (Å²) in [6.07, 6.45) is -0.687. The summed E-state index contributed by atoms with van der Waals surface area (Å²) < 4.78 is 19.1. The molecule has 0 aliphatic carbocycles. The molecule has 2 atom stereocenters. The maximum absolute atomic E-state index is 13.0. The number of rotatable bonds is 5. The van der Waals surface area contributed by atoms with E-state index in [2.05, 4.69) is 21.2 Å². The van der Waals surface area contributed by atoms with Gasteiger partial charge in [0.15, 0.2) is 6.10 Å². The molecule has 0 aliphatic heterocycles. The van der Waals surface area contributed by atoms with E-state index in [1.165, 1.54) is 18.2 Å². The van der Waals surface area contributed by atoms with Gasteiger partial charge in [-0.1, -0.05) is 30.3 Å². The third-order valence-corrected chi connectivity index (χ3v) is 3.84. The summed E-state index contributed by atoms with van der Waals surface area (Å²) in [6.45, 7) is 3.57. The van der Waals surface area contributed by atoms with E-state index in [1.54, 1.807) is 6.92 Å². The quantitative estimate of drug-likeness (QED) is 0.860. The highest BCUT2D eigenvalue weighted by Crippen LogP contribution is 2.26. The average molecular weight is 366 g/mol. The Labute approximate surface area is 137 Å². The number of nitrogens with one attached hydrogen (secondary N) is 1. The smallest absolute Gasteiger partial charge is 0.261 e. The van der Waals surface area contributed by atoms with Gasteiger partial charge in [0, 0.05) is 0 Å². The first kappa shape index (κ1) is 16.5. The van der Waals surface area contributed by atoms with Crippen molar-refractivity contribution in [3.05, 3.63) is 64.4 Å². The van der Waals surface area contributed by atoms with Crippen LogP contribution in [0, 0.1) is 5.82 Å². The minimum Gasteiger partial charge on any atom is -0.480 e. The number of hydrogen-bond donors (Lipinski definition) is 1. The summed E-state index contributed by atoms with van der Waals surface area (Å²) in [6, 6.07) is 13.6. The van der Waals surface area contributed by atoms with E-state index in [9.17, 15) is 9.18 Å². The number of halogens is 2. The molecule has 22 heavy (non-hydrogen) atoms. The van der Waals surface area contributed by atoms with Crippen LogP contribution in [0.25, 0.3) is 0 Å². The number of hydrogen-bond acceptors (Lipinski definition) is 2. The van der Waals surface area contributed by atoms with Crippen molar-refractivity contribution in [3.63, 3.8) is 0 Å². The monoisotopic (exact) mass is 365 g/mol. The van der Waals surface area contributed by atoms with Crippen molar-refractivity contribution >= 4 is 21.8 Å². The van der Waals surface area contributed by atoms with Gasteiger partial charge in [-0.25, -0.2) is 4.39 Å². The van der Waals surface area contributed by atoms with Crippen molar-refractivity contribution in [1.29, 1.82) is 0 Å². The predicted molar refractivity (Wildman–Crippen MR) is 87.2 cm³/mol. The Morgan fingerprint density at radius 2 is 1.86 bits per heavy atom. The van der Waals surface area contributed by atoms with E-state index >= 15 is 0 Å². The molecule has 0 saturated heterocycles. The lowest BCUT2D eigenvalue weighted by Gasteiger charge is -2.19. The molecule has 0 radical (unpaired) electrons. The second kappa shape index (κ2) is 7.40. The molecule has 0 heterocycles. The number of carbonyl (C=O) groups is 1. The molecular formula is C17H17BrFNO2. The number of benzene rings is 2. The zero-order valence-electron chi connectivity index (χ0n) is 12.3. The van der Waals surface area contributed by atoms with Gasteiger partial charge in [0.1, 0.15) is 11.6 Å². The fourth-order valence-corrected chi connectivity index (χ4v) is 2.41. The van der Waals surface area contributed by atoms with E-state index in [-0.39, 0.29) is 17.8 Å². The first-order chi connectivity index (χ1) is 10.5. The highest BCUT2D eigenvalue weighted by atomic mass is 79.9. The van der Waals surface area contributed by atoms with Gasteiger partial charge in [0.2, 0.25) is 0 Å². The maximum Gasteiger partial charge on any atom is 0.261 e. The fraction of sp³-hybridized carbons (Fsp3) is 0.235. The largest absolute Gasteiger partial charge is 0.480 e. The van der Waals surface area contributed by atoms with Crippen LogP contribution in [0.4, 0.5) is 4.39 Å². The standard InChI is InChI=1S/C17H17BrFNO2/c1-11(13-6-4-3-5-7-13)20-17(21)12(2)22-16-9-8-14(19)10-15(16)18/h3-12H,1-2H3,(H,20,21). The van der Waals surface area contributed by atoms with Crippen molar-refractivity contribution in [2.45, 2.75) is 26.0 Å². The van der Waals surface area contributed by atoms with Crippen LogP contribution in [0.15, 0.2) is 53.0 Å². The van der Waals surface area contributed by atoms with Crippen LogP contribution in [-0.4, -0.2) is 12.0 Å². The first-order valence-electron chi connectivity index (χ1n) is 6.94. The van der Waals surface area contributed by atoms with Gasteiger partial charge in [-0.2, -0.15) is 0 Å². The molecule has 1 amide bonds. The SMILES string of the molecule is CC(Oc1ccc(F)cc1Br)C(=O)NC(C)c1ccccc1. The average Bonchev–Trinajstić information content (AvgIpc) is 2.50. The summed E-state index contributed by atoms with van der Waals surface area (Å²) >= 11 is 3.22. The molecule has 2 unspecified atom stereocenters. The van der Waals surface area contributed by atoms with Gasteiger partial charge in [-0.3, -0.25) is 4.79 Å². The molecule has 0 bridgehead atoms. The molecule has 116 valence electrons. The molecule has 1 N–H and O–H groups in total. The third-order valence-electron chi connectivity index (χ3n) is 3.23. The molecule has 0 aromatic heterocycles. The molecule has 2 aromatic rings. The Balaban J connectivity index is 1.97. The van der Waals surface area contributed by atoms with E-state index < -0.39 is 6.10 Å². The van der Waals surface area contributed by atoms with E-state index in [0.717, 1.165) is 5.56 Å². The van der Waals surface area contributed by atoms with Gasteiger partial charge < -0.3 is 10.1 Å². The van der Waals surface area contributed by atoms with Gasteiger partial charge in [-0.15, -0.1) is 0 Å². The Morgan fingerprint density at radius 3 is 2.50 bits per heavy atom. The topological polar surface area (TPSA) is 38.3 Å². The fourth-order valence-electron chi connectivity index (χ4n) is 1.97. The number of ether oxygens (including phenoxy) is 1. The van der Waals surface area contributed by atoms with Gasteiger partial charge in [0.25, 0.3) is 5.91 Å². The Morgan fingerprint density at radius 1 is 1.18 bits per heavy atom. The van der Waals surface area contributed by atoms with E-state index in [0.29, 0.717) is 10.2 Å². The lowest BCUT2D eigenvalue weighted by molar-refractivity contribution is -0.127. The van der Waals surface area contributed by atoms with Crippen LogP contribution < -0.4 is 10.1 Å². The molecule has 3 nitrogen and oxygen atoms in total. The predicted octanol–water partition coefficient (Wildman–Crippen LogP) is 4.23. The van der Waals surface area contributed by atoms with Gasteiger partial charge in [-0.05, 0) is 53.5 Å².